The Labute approximate surface area is 89.0 Å². The summed E-state index contributed by atoms with van der Waals surface area (Å²) in [7, 11) is -3.46. The van der Waals surface area contributed by atoms with Gasteiger partial charge in [0.1, 0.15) is 0 Å². The van der Waals surface area contributed by atoms with Gasteiger partial charge in [-0.2, -0.15) is 5.26 Å². The van der Waals surface area contributed by atoms with E-state index < -0.39 is 21.7 Å². The third kappa shape index (κ3) is 9.18. The lowest BCUT2D eigenvalue weighted by Crippen LogP contribution is -2.26. The normalized spacial score (nSPS) is 10.9. The highest BCUT2D eigenvalue weighted by Gasteiger charge is 2.07. The summed E-state index contributed by atoms with van der Waals surface area (Å²) in [6, 6.07) is 1.55. The monoisotopic (exact) mass is 234 g/mol. The first kappa shape index (κ1) is 13.9. The largest absolute Gasteiger partial charge is 0.481 e. The van der Waals surface area contributed by atoms with Crippen molar-refractivity contribution in [2.24, 2.45) is 0 Å². The number of carboxylic acid groups (broad SMARTS) is 1. The van der Waals surface area contributed by atoms with Crippen LogP contribution < -0.4 is 4.72 Å². The van der Waals surface area contributed by atoms with Crippen molar-refractivity contribution < 1.29 is 18.3 Å². The van der Waals surface area contributed by atoms with Gasteiger partial charge in [0.2, 0.25) is 10.0 Å². The molecular formula is C8H14N2O4S. The van der Waals surface area contributed by atoms with Crippen molar-refractivity contribution in [1.29, 1.82) is 5.26 Å². The smallest absolute Gasteiger partial charge is 0.303 e. The van der Waals surface area contributed by atoms with Crippen LogP contribution in [0.1, 0.15) is 25.7 Å². The topological polar surface area (TPSA) is 107 Å². The molecule has 0 aromatic heterocycles. The van der Waals surface area contributed by atoms with Gasteiger partial charge in [-0.05, 0) is 12.8 Å². The Bertz CT molecular complexity index is 331. The molecule has 0 radical (unpaired) electrons. The molecule has 0 unspecified atom stereocenters. The molecule has 0 aliphatic carbocycles. The van der Waals surface area contributed by atoms with Crippen LogP contribution in [-0.2, 0) is 14.8 Å². The second-order valence-corrected chi connectivity index (χ2v) is 4.82. The van der Waals surface area contributed by atoms with Gasteiger partial charge in [0.15, 0.2) is 5.75 Å². The number of carbonyl (C=O) groups is 1. The average Bonchev–Trinajstić information content (AvgIpc) is 2.10. The first-order valence-corrected chi connectivity index (χ1v) is 6.19. The molecule has 2 N–H and O–H groups in total. The lowest BCUT2D eigenvalue weighted by Gasteiger charge is -2.02. The number of rotatable bonds is 8. The molecule has 7 heteroatoms. The van der Waals surface area contributed by atoms with Gasteiger partial charge in [0.05, 0.1) is 6.07 Å². The first-order chi connectivity index (χ1) is 6.98. The molecule has 0 atom stereocenters. The summed E-state index contributed by atoms with van der Waals surface area (Å²) in [6.07, 6.45) is 1.87. The molecule has 0 bridgehead atoms. The fraction of sp³-hybridized carbons (Fsp3) is 0.750. The number of nitrogens with zero attached hydrogens (tertiary/aromatic N) is 1. The van der Waals surface area contributed by atoms with E-state index in [1.54, 1.807) is 6.07 Å². The van der Waals surface area contributed by atoms with Crippen LogP contribution in [0, 0.1) is 11.3 Å². The Morgan fingerprint density at radius 1 is 1.33 bits per heavy atom. The summed E-state index contributed by atoms with van der Waals surface area (Å²) < 4.78 is 24.1. The summed E-state index contributed by atoms with van der Waals surface area (Å²) in [5.74, 6) is -1.39. The van der Waals surface area contributed by atoms with Gasteiger partial charge in [-0.3, -0.25) is 4.79 Å². The average molecular weight is 234 g/mol. The van der Waals surface area contributed by atoms with Crippen molar-refractivity contribution >= 4 is 16.0 Å². The molecule has 0 spiro atoms. The second-order valence-electron chi connectivity index (χ2n) is 3.02. The van der Waals surface area contributed by atoms with Crippen LogP contribution in [0.25, 0.3) is 0 Å². The van der Waals surface area contributed by atoms with Crippen molar-refractivity contribution in [1.82, 2.24) is 4.72 Å². The summed E-state index contributed by atoms with van der Waals surface area (Å²) in [5.41, 5.74) is 0. The lowest BCUT2D eigenvalue weighted by molar-refractivity contribution is -0.137. The lowest BCUT2D eigenvalue weighted by atomic mass is 10.2. The van der Waals surface area contributed by atoms with Gasteiger partial charge < -0.3 is 5.11 Å². The molecule has 0 saturated heterocycles. The van der Waals surface area contributed by atoms with Crippen LogP contribution in [0.2, 0.25) is 0 Å². The van der Waals surface area contributed by atoms with Gasteiger partial charge in [-0.1, -0.05) is 6.42 Å². The minimum atomic E-state index is -3.46. The van der Waals surface area contributed by atoms with E-state index in [2.05, 4.69) is 4.72 Å². The number of hydrogen-bond acceptors (Lipinski definition) is 4. The van der Waals surface area contributed by atoms with Crippen molar-refractivity contribution in [2.45, 2.75) is 25.7 Å². The van der Waals surface area contributed by atoms with Gasteiger partial charge in [-0.15, -0.1) is 0 Å². The third-order valence-corrected chi connectivity index (χ3v) is 2.80. The molecule has 0 aromatic carbocycles. The van der Waals surface area contributed by atoms with E-state index in [4.69, 9.17) is 10.4 Å². The third-order valence-electron chi connectivity index (χ3n) is 1.64. The molecule has 0 amide bonds. The Hall–Kier alpha value is -1.13. The van der Waals surface area contributed by atoms with Gasteiger partial charge in [-0.25, -0.2) is 13.1 Å². The van der Waals surface area contributed by atoms with Crippen molar-refractivity contribution in [3.05, 3.63) is 0 Å². The highest BCUT2D eigenvalue weighted by atomic mass is 32.2. The summed E-state index contributed by atoms with van der Waals surface area (Å²) >= 11 is 0. The molecule has 0 aliphatic rings. The molecule has 0 aliphatic heterocycles. The zero-order valence-corrected chi connectivity index (χ0v) is 9.09. The fourth-order valence-electron chi connectivity index (χ4n) is 0.942. The van der Waals surface area contributed by atoms with E-state index in [9.17, 15) is 13.2 Å². The van der Waals surface area contributed by atoms with Gasteiger partial charge in [0, 0.05) is 13.0 Å². The number of aliphatic carboxylic acids is 1. The SMILES string of the molecule is N#CCS(=O)(=O)NCCCCCC(=O)O. The van der Waals surface area contributed by atoms with Gasteiger partial charge >= 0.3 is 5.97 Å². The highest BCUT2D eigenvalue weighted by molar-refractivity contribution is 7.89. The van der Waals surface area contributed by atoms with Crippen LogP contribution in [0.15, 0.2) is 0 Å². The maximum absolute atomic E-state index is 10.9. The molecule has 0 fully saturated rings. The van der Waals surface area contributed by atoms with Crippen LogP contribution >= 0.6 is 0 Å². The molecule has 15 heavy (non-hydrogen) atoms. The van der Waals surface area contributed by atoms with Crippen LogP contribution in [-0.4, -0.2) is 31.8 Å². The van der Waals surface area contributed by atoms with Crippen molar-refractivity contribution in [3.8, 4) is 6.07 Å². The first-order valence-electron chi connectivity index (χ1n) is 4.54. The van der Waals surface area contributed by atoms with E-state index in [1.165, 1.54) is 0 Å². The summed E-state index contributed by atoms with van der Waals surface area (Å²) in [5, 5.41) is 16.5. The predicted molar refractivity (Wildman–Crippen MR) is 53.5 cm³/mol. The van der Waals surface area contributed by atoms with E-state index in [-0.39, 0.29) is 13.0 Å². The molecule has 0 saturated carbocycles. The number of nitrogens with one attached hydrogen (secondary N) is 1. The molecule has 0 heterocycles. The summed E-state index contributed by atoms with van der Waals surface area (Å²) in [4.78, 5) is 10.1. The Morgan fingerprint density at radius 3 is 2.53 bits per heavy atom. The molecule has 0 aromatic rings. The highest BCUT2D eigenvalue weighted by Crippen LogP contribution is 1.99. The van der Waals surface area contributed by atoms with E-state index in [1.807, 2.05) is 0 Å². The second kappa shape index (κ2) is 7.20. The number of nitriles is 1. The Morgan fingerprint density at radius 2 is 2.00 bits per heavy atom. The van der Waals surface area contributed by atoms with E-state index in [0.29, 0.717) is 19.3 Å². The van der Waals surface area contributed by atoms with Crippen LogP contribution in [0.4, 0.5) is 0 Å². The number of sulfonamides is 1. The minimum absolute atomic E-state index is 0.102. The molecular weight excluding hydrogens is 220 g/mol. The van der Waals surface area contributed by atoms with Crippen molar-refractivity contribution in [3.63, 3.8) is 0 Å². The molecule has 0 rings (SSSR count). The van der Waals surface area contributed by atoms with Crippen LogP contribution in [0.5, 0.6) is 0 Å². The standard InChI is InChI=1S/C8H14N2O4S/c9-5-7-15(13,14)10-6-3-1-2-4-8(11)12/h10H,1-4,6-7H2,(H,11,12). The molecule has 86 valence electrons. The maximum atomic E-state index is 10.9. The zero-order valence-electron chi connectivity index (χ0n) is 8.27. The number of unbranched alkanes of at least 4 members (excludes halogenated alkanes) is 2. The quantitative estimate of drug-likeness (QED) is 0.578. The zero-order chi connectivity index (χ0) is 11.7. The maximum Gasteiger partial charge on any atom is 0.303 e. The molecule has 6 nitrogen and oxygen atoms in total. The van der Waals surface area contributed by atoms with Crippen LogP contribution in [0.3, 0.4) is 0 Å². The van der Waals surface area contributed by atoms with E-state index in [0.717, 1.165) is 0 Å². The predicted octanol–water partition coefficient (Wildman–Crippen LogP) is 0.0744. The minimum Gasteiger partial charge on any atom is -0.481 e. The fourth-order valence-corrected chi connectivity index (χ4v) is 1.67. The van der Waals surface area contributed by atoms with E-state index >= 15 is 0 Å². The van der Waals surface area contributed by atoms with Gasteiger partial charge in [0.25, 0.3) is 0 Å². The number of carboxylic acids is 1. The Kier molecular flexibility index (Phi) is 6.66. The Balaban J connectivity index is 3.47. The van der Waals surface area contributed by atoms with Crippen molar-refractivity contribution in [2.75, 3.05) is 12.3 Å². The summed E-state index contributed by atoms with van der Waals surface area (Å²) in [6.45, 7) is 0.254. The number of hydrogen-bond donors (Lipinski definition) is 2.